The molecule has 4 heteroatoms. The lowest BCUT2D eigenvalue weighted by Crippen LogP contribution is -2.22. The SMILES string of the molecule is CC(C)CCCCCCCCCCCCCCC(=O)OC[C@@H](C)OC(=O)CCCCCCCCCCCCCCC(C)C. The predicted molar refractivity (Wildman–Crippen MR) is 185 cm³/mol. The zero-order chi connectivity index (χ0) is 31.8. The highest BCUT2D eigenvalue weighted by molar-refractivity contribution is 5.70. The van der Waals surface area contributed by atoms with Gasteiger partial charge in [0.15, 0.2) is 0 Å². The van der Waals surface area contributed by atoms with E-state index in [4.69, 9.17) is 9.47 Å². The van der Waals surface area contributed by atoms with Crippen LogP contribution in [-0.4, -0.2) is 24.6 Å². The lowest BCUT2D eigenvalue weighted by atomic mass is 10.0. The molecule has 0 aliphatic carbocycles. The Morgan fingerprint density at radius 2 is 0.674 bits per heavy atom. The van der Waals surface area contributed by atoms with E-state index in [1.807, 2.05) is 6.92 Å². The predicted octanol–water partition coefficient (Wildman–Crippen LogP) is 12.7. The van der Waals surface area contributed by atoms with Crippen LogP contribution < -0.4 is 0 Å². The molecule has 0 spiro atoms. The summed E-state index contributed by atoms with van der Waals surface area (Å²) in [7, 11) is 0. The van der Waals surface area contributed by atoms with Crippen molar-refractivity contribution in [2.75, 3.05) is 6.61 Å². The van der Waals surface area contributed by atoms with Gasteiger partial charge >= 0.3 is 11.9 Å². The molecule has 1 atom stereocenters. The van der Waals surface area contributed by atoms with E-state index >= 15 is 0 Å². The zero-order valence-electron chi connectivity index (χ0n) is 29.9. The van der Waals surface area contributed by atoms with Gasteiger partial charge in [0.1, 0.15) is 12.7 Å². The maximum atomic E-state index is 12.1. The molecule has 0 amide bonds. The topological polar surface area (TPSA) is 52.6 Å². The molecule has 0 bridgehead atoms. The van der Waals surface area contributed by atoms with Crippen LogP contribution >= 0.6 is 0 Å². The smallest absolute Gasteiger partial charge is 0.306 e. The Bertz CT molecular complexity index is 600. The summed E-state index contributed by atoms with van der Waals surface area (Å²) in [6.45, 7) is 11.2. The molecule has 0 aromatic heterocycles. The summed E-state index contributed by atoms with van der Waals surface area (Å²) >= 11 is 0. The van der Waals surface area contributed by atoms with E-state index in [2.05, 4.69) is 27.7 Å². The molecule has 0 rings (SSSR count). The molecule has 4 nitrogen and oxygen atoms in total. The van der Waals surface area contributed by atoms with Gasteiger partial charge in [0.25, 0.3) is 0 Å². The number of hydrogen-bond donors (Lipinski definition) is 0. The first-order valence-corrected chi connectivity index (χ1v) is 19.2. The molecule has 0 aromatic carbocycles. The summed E-state index contributed by atoms with van der Waals surface area (Å²) in [4.78, 5) is 24.1. The monoisotopic (exact) mass is 609 g/mol. The average Bonchev–Trinajstić information content (AvgIpc) is 2.96. The highest BCUT2D eigenvalue weighted by atomic mass is 16.6. The van der Waals surface area contributed by atoms with E-state index in [9.17, 15) is 9.59 Å². The van der Waals surface area contributed by atoms with Crippen molar-refractivity contribution in [3.63, 3.8) is 0 Å². The average molecular weight is 609 g/mol. The first-order valence-electron chi connectivity index (χ1n) is 19.2. The molecule has 0 fully saturated rings. The normalized spacial score (nSPS) is 12.3. The third-order valence-electron chi connectivity index (χ3n) is 8.64. The molecule has 0 radical (unpaired) electrons. The van der Waals surface area contributed by atoms with Gasteiger partial charge in [0.2, 0.25) is 0 Å². The minimum atomic E-state index is -0.369. The number of esters is 2. The third kappa shape index (κ3) is 35.3. The fourth-order valence-electron chi connectivity index (χ4n) is 5.78. The number of carbonyl (C=O) groups is 2. The van der Waals surface area contributed by atoms with Crippen molar-refractivity contribution in [3.8, 4) is 0 Å². The number of hydrogen-bond acceptors (Lipinski definition) is 4. The van der Waals surface area contributed by atoms with E-state index in [0.717, 1.165) is 37.5 Å². The quantitative estimate of drug-likeness (QED) is 0.0549. The summed E-state index contributed by atoms with van der Waals surface area (Å²) < 4.78 is 10.8. The Balaban J connectivity index is 3.40. The van der Waals surface area contributed by atoms with Crippen LogP contribution in [0.5, 0.6) is 0 Å². The standard InChI is InChI=1S/C39H76O4/c1-35(2)30-26-22-18-14-10-6-8-12-16-20-24-28-32-38(40)42-34-37(5)43-39(41)33-29-25-21-17-13-9-7-11-15-19-23-27-31-36(3)4/h35-37H,6-34H2,1-5H3/t37-/m1/s1. The van der Waals surface area contributed by atoms with Gasteiger partial charge in [-0.1, -0.05) is 182 Å². The Hall–Kier alpha value is -1.06. The molecule has 0 saturated heterocycles. The van der Waals surface area contributed by atoms with Crippen LogP contribution in [0.3, 0.4) is 0 Å². The van der Waals surface area contributed by atoms with E-state index in [0.29, 0.717) is 12.8 Å². The number of carbonyl (C=O) groups excluding carboxylic acids is 2. The van der Waals surface area contributed by atoms with Crippen LogP contribution in [0.4, 0.5) is 0 Å². The second kappa shape index (κ2) is 32.3. The van der Waals surface area contributed by atoms with E-state index in [1.54, 1.807) is 0 Å². The Morgan fingerprint density at radius 3 is 1.00 bits per heavy atom. The first-order chi connectivity index (χ1) is 20.8. The van der Waals surface area contributed by atoms with Crippen LogP contribution in [0.1, 0.15) is 214 Å². The minimum absolute atomic E-state index is 0.167. The van der Waals surface area contributed by atoms with Crippen LogP contribution in [0.15, 0.2) is 0 Å². The molecule has 0 aliphatic heterocycles. The third-order valence-corrected chi connectivity index (χ3v) is 8.64. The van der Waals surface area contributed by atoms with Gasteiger partial charge in [-0.15, -0.1) is 0 Å². The lowest BCUT2D eigenvalue weighted by molar-refractivity contribution is -0.158. The molecular formula is C39H76O4. The Kier molecular flexibility index (Phi) is 31.5. The van der Waals surface area contributed by atoms with Crippen molar-refractivity contribution in [1.29, 1.82) is 0 Å². The molecule has 0 aliphatic rings. The van der Waals surface area contributed by atoms with Gasteiger partial charge in [-0.05, 0) is 31.6 Å². The fourth-order valence-corrected chi connectivity index (χ4v) is 5.78. The molecule has 0 saturated carbocycles. The van der Waals surface area contributed by atoms with Crippen molar-refractivity contribution in [2.24, 2.45) is 11.8 Å². The molecular weight excluding hydrogens is 532 g/mol. The summed E-state index contributed by atoms with van der Waals surface area (Å²) in [5, 5.41) is 0. The number of rotatable bonds is 33. The van der Waals surface area contributed by atoms with Crippen molar-refractivity contribution in [2.45, 2.75) is 221 Å². The van der Waals surface area contributed by atoms with Crippen LogP contribution in [0.25, 0.3) is 0 Å². The molecule has 256 valence electrons. The molecule has 0 N–H and O–H groups in total. The van der Waals surface area contributed by atoms with Crippen LogP contribution in [0.2, 0.25) is 0 Å². The molecule has 43 heavy (non-hydrogen) atoms. The summed E-state index contributed by atoms with van der Waals surface area (Å²) in [6, 6.07) is 0. The first kappa shape index (κ1) is 41.9. The summed E-state index contributed by atoms with van der Waals surface area (Å²) in [5.41, 5.74) is 0. The van der Waals surface area contributed by atoms with Gasteiger partial charge < -0.3 is 9.47 Å². The van der Waals surface area contributed by atoms with Gasteiger partial charge in [0, 0.05) is 12.8 Å². The van der Waals surface area contributed by atoms with E-state index in [1.165, 1.54) is 141 Å². The molecule has 0 heterocycles. The summed E-state index contributed by atoms with van der Waals surface area (Å²) in [6.07, 6.45) is 34.3. The largest absolute Gasteiger partial charge is 0.462 e. The van der Waals surface area contributed by atoms with Crippen molar-refractivity contribution in [3.05, 3.63) is 0 Å². The maximum Gasteiger partial charge on any atom is 0.306 e. The Morgan fingerprint density at radius 1 is 0.395 bits per heavy atom. The highest BCUT2D eigenvalue weighted by Gasteiger charge is 2.12. The highest BCUT2D eigenvalue weighted by Crippen LogP contribution is 2.16. The Labute approximate surface area is 269 Å². The molecule has 0 unspecified atom stereocenters. The molecule has 0 aromatic rings. The maximum absolute atomic E-state index is 12.1. The second-order valence-electron chi connectivity index (χ2n) is 14.3. The van der Waals surface area contributed by atoms with Crippen LogP contribution in [-0.2, 0) is 19.1 Å². The number of ether oxygens (including phenoxy) is 2. The van der Waals surface area contributed by atoms with Gasteiger partial charge in [0.05, 0.1) is 0 Å². The summed E-state index contributed by atoms with van der Waals surface area (Å²) in [5.74, 6) is 1.36. The van der Waals surface area contributed by atoms with E-state index in [-0.39, 0.29) is 24.6 Å². The van der Waals surface area contributed by atoms with Gasteiger partial charge in [-0.2, -0.15) is 0 Å². The second-order valence-corrected chi connectivity index (χ2v) is 14.3. The zero-order valence-corrected chi connectivity index (χ0v) is 29.9. The van der Waals surface area contributed by atoms with Gasteiger partial charge in [-0.3, -0.25) is 9.59 Å². The fraction of sp³-hybridized carbons (Fsp3) is 0.949. The van der Waals surface area contributed by atoms with Crippen LogP contribution in [0, 0.1) is 11.8 Å². The van der Waals surface area contributed by atoms with Gasteiger partial charge in [-0.25, -0.2) is 0 Å². The van der Waals surface area contributed by atoms with Crippen molar-refractivity contribution >= 4 is 11.9 Å². The van der Waals surface area contributed by atoms with E-state index < -0.39 is 0 Å². The lowest BCUT2D eigenvalue weighted by Gasteiger charge is -2.13. The van der Waals surface area contributed by atoms with Crippen molar-refractivity contribution < 1.29 is 19.1 Å². The number of unbranched alkanes of at least 4 members (excludes halogenated alkanes) is 22. The van der Waals surface area contributed by atoms with Crippen molar-refractivity contribution in [1.82, 2.24) is 0 Å². The minimum Gasteiger partial charge on any atom is -0.462 e.